The number of amides is 3. The molecule has 8 atom stereocenters. The van der Waals surface area contributed by atoms with Gasteiger partial charge in [-0.3, -0.25) is 9.59 Å². The lowest BCUT2D eigenvalue weighted by molar-refractivity contribution is -0.158. The Morgan fingerprint density at radius 3 is 2.46 bits per heavy atom. The molecule has 6 nitrogen and oxygen atoms in total. The van der Waals surface area contributed by atoms with Gasteiger partial charge in [0.05, 0.1) is 7.11 Å². The van der Waals surface area contributed by atoms with Crippen LogP contribution in [0, 0.1) is 40.4 Å². The Balaban J connectivity index is 1.48. The van der Waals surface area contributed by atoms with E-state index in [-0.39, 0.29) is 16.7 Å². The molecule has 1 aliphatic heterocycles. The molecule has 1 heterocycles. The summed E-state index contributed by atoms with van der Waals surface area (Å²) in [6.07, 6.45) is 12.9. The van der Waals surface area contributed by atoms with Crippen molar-refractivity contribution in [2.45, 2.75) is 117 Å². The van der Waals surface area contributed by atoms with Gasteiger partial charge in [-0.25, -0.2) is 9.69 Å². The van der Waals surface area contributed by atoms with Gasteiger partial charge in [0.15, 0.2) is 0 Å². The van der Waals surface area contributed by atoms with Gasteiger partial charge in [-0.1, -0.05) is 53.4 Å². The number of fused-ring (bicyclic) bond motifs is 5. The summed E-state index contributed by atoms with van der Waals surface area (Å²) in [6.45, 7) is 9.94. The molecule has 37 heavy (non-hydrogen) atoms. The quantitative estimate of drug-likeness (QED) is 0.338. The van der Waals surface area contributed by atoms with Crippen LogP contribution in [-0.2, 0) is 14.3 Å². The van der Waals surface area contributed by atoms with Crippen molar-refractivity contribution in [3.05, 3.63) is 0 Å². The van der Waals surface area contributed by atoms with Gasteiger partial charge in [-0.05, 0) is 85.4 Å². The molecule has 1 unspecified atom stereocenters. The molecule has 0 aromatic rings. The fourth-order valence-corrected chi connectivity index (χ4v) is 9.61. The van der Waals surface area contributed by atoms with E-state index in [1.54, 1.807) is 0 Å². The maximum atomic E-state index is 13.2. The van der Waals surface area contributed by atoms with E-state index >= 15 is 0 Å². The number of piperidine rings is 1. The van der Waals surface area contributed by atoms with E-state index in [9.17, 15) is 14.4 Å². The van der Waals surface area contributed by atoms with Gasteiger partial charge in [-0.15, -0.1) is 0 Å². The topological polar surface area (TPSA) is 66.9 Å². The summed E-state index contributed by atoms with van der Waals surface area (Å²) in [5.74, 6) is 2.98. The van der Waals surface area contributed by atoms with E-state index in [4.69, 9.17) is 4.74 Å². The molecule has 4 rings (SSSR count). The molecule has 0 aromatic carbocycles. The van der Waals surface area contributed by atoms with Gasteiger partial charge in [0.2, 0.25) is 11.8 Å². The summed E-state index contributed by atoms with van der Waals surface area (Å²) in [5, 5.41) is 0. The maximum absolute atomic E-state index is 13.2. The highest BCUT2D eigenvalue weighted by molar-refractivity contribution is 5.91. The highest BCUT2D eigenvalue weighted by Crippen LogP contribution is 2.67. The molecule has 0 aromatic heterocycles. The lowest BCUT2D eigenvalue weighted by atomic mass is 9.47. The Kier molecular flexibility index (Phi) is 8.65. The number of rotatable bonds is 8. The fraction of sp³-hybridized carbons (Fsp3) is 0.903. The predicted octanol–water partition coefficient (Wildman–Crippen LogP) is 6.67. The Morgan fingerprint density at radius 2 is 1.76 bits per heavy atom. The molecule has 3 amide bonds. The van der Waals surface area contributed by atoms with Gasteiger partial charge in [0.1, 0.15) is 0 Å². The number of unbranched alkanes of at least 4 members (excludes halogenated alkanes) is 4. The van der Waals surface area contributed by atoms with Gasteiger partial charge < -0.3 is 9.64 Å². The summed E-state index contributed by atoms with van der Waals surface area (Å²) >= 11 is 0. The summed E-state index contributed by atoms with van der Waals surface area (Å²) in [4.78, 5) is 42.0. The van der Waals surface area contributed by atoms with E-state index in [2.05, 4.69) is 32.6 Å². The standard InChI is InChI=1S/C31H52N2O4/c1-7-8-9-10-11-12-28(35)33(29(36)37-6)20-25-21(2)19-24-22-13-14-26-31(4,18-16-27(34)32(26)5)23(22)15-17-30(24,25)3/h21-26H,7-20H2,1-6H3/t21?,22-,23+,24+,25+,26-,30+,31-/m1/s1. The van der Waals surface area contributed by atoms with Crippen LogP contribution in [-0.4, -0.2) is 54.5 Å². The van der Waals surface area contributed by atoms with Crippen molar-refractivity contribution >= 4 is 17.9 Å². The lowest BCUT2D eigenvalue weighted by Crippen LogP contribution is -2.61. The van der Waals surface area contributed by atoms with Crippen molar-refractivity contribution in [2.24, 2.45) is 40.4 Å². The Labute approximate surface area is 225 Å². The molecule has 0 spiro atoms. The second-order valence-corrected chi connectivity index (χ2v) is 13.5. The average Bonchev–Trinajstić information content (AvgIpc) is 3.13. The van der Waals surface area contributed by atoms with E-state index in [1.807, 2.05) is 7.05 Å². The number of carbonyl (C=O) groups is 3. The zero-order chi connectivity index (χ0) is 27.0. The Hall–Kier alpha value is -1.59. The van der Waals surface area contributed by atoms with Crippen LogP contribution in [0.2, 0.25) is 0 Å². The monoisotopic (exact) mass is 516 g/mol. The van der Waals surface area contributed by atoms with Crippen molar-refractivity contribution in [3.8, 4) is 0 Å². The van der Waals surface area contributed by atoms with Crippen LogP contribution in [0.3, 0.4) is 0 Å². The van der Waals surface area contributed by atoms with Gasteiger partial charge in [-0.2, -0.15) is 0 Å². The minimum Gasteiger partial charge on any atom is -0.452 e. The van der Waals surface area contributed by atoms with Crippen molar-refractivity contribution in [1.82, 2.24) is 9.80 Å². The van der Waals surface area contributed by atoms with Crippen molar-refractivity contribution in [3.63, 3.8) is 0 Å². The normalized spacial score (nSPS) is 39.0. The first-order valence-corrected chi connectivity index (χ1v) is 15.2. The van der Waals surface area contributed by atoms with Gasteiger partial charge >= 0.3 is 6.09 Å². The molecule has 3 aliphatic carbocycles. The van der Waals surface area contributed by atoms with Crippen LogP contribution < -0.4 is 0 Å². The average molecular weight is 517 g/mol. The number of hydrogen-bond acceptors (Lipinski definition) is 4. The highest BCUT2D eigenvalue weighted by Gasteiger charge is 2.62. The van der Waals surface area contributed by atoms with Crippen LogP contribution >= 0.6 is 0 Å². The van der Waals surface area contributed by atoms with Crippen molar-refractivity contribution < 1.29 is 19.1 Å². The SMILES string of the molecule is CCCCCCCC(=O)N(C[C@H]1C(C)C[C@H]2[C@@H]3CC[C@H]4N(C)C(=O)CC[C@]4(C)[C@H]3CC[C@]12C)C(=O)OC. The Morgan fingerprint density at radius 1 is 1.03 bits per heavy atom. The number of hydrogen-bond donors (Lipinski definition) is 0. The molecule has 4 aliphatic rings. The fourth-order valence-electron chi connectivity index (χ4n) is 9.61. The molecular formula is C31H52N2O4. The zero-order valence-corrected chi connectivity index (χ0v) is 24.4. The third kappa shape index (κ3) is 5.07. The number of imide groups is 1. The van der Waals surface area contributed by atoms with Crippen LogP contribution in [0.5, 0.6) is 0 Å². The summed E-state index contributed by atoms with van der Waals surface area (Å²) in [6, 6.07) is 0.374. The van der Waals surface area contributed by atoms with Crippen LogP contribution in [0.25, 0.3) is 0 Å². The second kappa shape index (κ2) is 11.3. The summed E-state index contributed by atoms with van der Waals surface area (Å²) in [7, 11) is 3.41. The number of methoxy groups -OCH3 is 1. The minimum atomic E-state index is -0.491. The largest absolute Gasteiger partial charge is 0.452 e. The summed E-state index contributed by atoms with van der Waals surface area (Å²) in [5.41, 5.74) is 0.341. The van der Waals surface area contributed by atoms with Crippen LogP contribution in [0.15, 0.2) is 0 Å². The number of ether oxygens (including phenoxy) is 1. The molecule has 0 radical (unpaired) electrons. The van der Waals surface area contributed by atoms with Crippen LogP contribution in [0.1, 0.15) is 111 Å². The Bertz CT molecular complexity index is 860. The molecule has 1 saturated heterocycles. The molecule has 3 saturated carbocycles. The molecule has 210 valence electrons. The molecular weight excluding hydrogens is 464 g/mol. The minimum absolute atomic E-state index is 0.0702. The molecule has 0 bridgehead atoms. The maximum Gasteiger partial charge on any atom is 0.416 e. The summed E-state index contributed by atoms with van der Waals surface area (Å²) < 4.78 is 5.10. The number of carbonyl (C=O) groups excluding carboxylic acids is 3. The molecule has 6 heteroatoms. The first-order chi connectivity index (χ1) is 17.6. The lowest BCUT2D eigenvalue weighted by Gasteiger charge is -2.62. The van der Waals surface area contributed by atoms with Crippen LogP contribution in [0.4, 0.5) is 4.79 Å². The van der Waals surface area contributed by atoms with E-state index in [0.29, 0.717) is 60.9 Å². The second-order valence-electron chi connectivity index (χ2n) is 13.5. The third-order valence-corrected chi connectivity index (χ3v) is 11.7. The first kappa shape index (κ1) is 28.4. The zero-order valence-electron chi connectivity index (χ0n) is 24.4. The predicted molar refractivity (Wildman–Crippen MR) is 146 cm³/mol. The van der Waals surface area contributed by atoms with E-state index < -0.39 is 6.09 Å². The highest BCUT2D eigenvalue weighted by atomic mass is 16.5. The molecule has 4 fully saturated rings. The van der Waals surface area contributed by atoms with E-state index in [1.165, 1.54) is 44.1 Å². The third-order valence-electron chi connectivity index (χ3n) is 11.7. The smallest absolute Gasteiger partial charge is 0.416 e. The van der Waals surface area contributed by atoms with E-state index in [0.717, 1.165) is 38.5 Å². The van der Waals surface area contributed by atoms with Gasteiger partial charge in [0.25, 0.3) is 0 Å². The van der Waals surface area contributed by atoms with Gasteiger partial charge in [0, 0.05) is 32.5 Å². The number of likely N-dealkylation sites (tertiary alicyclic amines) is 1. The van der Waals surface area contributed by atoms with Crippen molar-refractivity contribution in [2.75, 3.05) is 20.7 Å². The molecule has 0 N–H and O–H groups in total. The number of nitrogens with zero attached hydrogens (tertiary/aromatic N) is 2. The first-order valence-electron chi connectivity index (χ1n) is 15.2. The van der Waals surface area contributed by atoms with Crippen molar-refractivity contribution in [1.29, 1.82) is 0 Å².